The maximum atomic E-state index is 5.10. The molecule has 2 rings (SSSR count). The molecule has 0 radical (unpaired) electrons. The van der Waals surface area contributed by atoms with E-state index in [0.717, 1.165) is 25.6 Å². The van der Waals surface area contributed by atoms with Crippen molar-refractivity contribution in [3.63, 3.8) is 0 Å². The van der Waals surface area contributed by atoms with Crippen molar-refractivity contribution in [3.8, 4) is 5.88 Å². The topological polar surface area (TPSA) is 50.3 Å². The van der Waals surface area contributed by atoms with Gasteiger partial charge in [-0.3, -0.25) is 0 Å². The minimum atomic E-state index is 0.627. The summed E-state index contributed by atoms with van der Waals surface area (Å²) in [7, 11) is 3.62. The van der Waals surface area contributed by atoms with Crippen LogP contribution in [0, 0.1) is 5.92 Å². The molecular formula is C11H18N4O. The van der Waals surface area contributed by atoms with Crippen molar-refractivity contribution >= 4 is 5.95 Å². The van der Waals surface area contributed by atoms with Crippen molar-refractivity contribution in [2.45, 2.75) is 6.42 Å². The van der Waals surface area contributed by atoms with Gasteiger partial charge in [0.15, 0.2) is 0 Å². The lowest BCUT2D eigenvalue weighted by Crippen LogP contribution is -2.25. The van der Waals surface area contributed by atoms with Gasteiger partial charge in [-0.1, -0.05) is 0 Å². The first-order valence-corrected chi connectivity index (χ1v) is 5.60. The number of rotatable bonds is 4. The second-order valence-corrected chi connectivity index (χ2v) is 4.06. The van der Waals surface area contributed by atoms with Crippen LogP contribution in [0.25, 0.3) is 0 Å². The van der Waals surface area contributed by atoms with Gasteiger partial charge in [0, 0.05) is 25.4 Å². The number of nitrogens with one attached hydrogen (secondary N) is 1. The monoisotopic (exact) mass is 222 g/mol. The fourth-order valence-electron chi connectivity index (χ4n) is 2.07. The van der Waals surface area contributed by atoms with Crippen LogP contribution in [-0.4, -0.2) is 43.8 Å². The standard InChI is InChI=1S/C11H18N4O/c1-12-7-9-4-6-15(8-9)11-13-5-3-10(14-11)16-2/h3,5,9,12H,4,6-8H2,1-2H3. The second kappa shape index (κ2) is 5.12. The predicted octanol–water partition coefficient (Wildman–Crippen LogP) is 0.531. The molecule has 5 nitrogen and oxygen atoms in total. The van der Waals surface area contributed by atoms with Crippen LogP contribution in [0.15, 0.2) is 12.3 Å². The summed E-state index contributed by atoms with van der Waals surface area (Å²) in [6, 6.07) is 1.77. The molecule has 0 saturated carbocycles. The van der Waals surface area contributed by atoms with E-state index in [4.69, 9.17) is 4.74 Å². The van der Waals surface area contributed by atoms with Crippen molar-refractivity contribution in [1.29, 1.82) is 0 Å². The van der Waals surface area contributed by atoms with Crippen LogP contribution in [0.5, 0.6) is 5.88 Å². The van der Waals surface area contributed by atoms with Crippen LogP contribution in [0.4, 0.5) is 5.95 Å². The molecule has 0 aliphatic carbocycles. The molecule has 1 aliphatic heterocycles. The predicted molar refractivity (Wildman–Crippen MR) is 62.8 cm³/mol. The highest BCUT2D eigenvalue weighted by atomic mass is 16.5. The van der Waals surface area contributed by atoms with E-state index < -0.39 is 0 Å². The average molecular weight is 222 g/mol. The molecule has 1 N–H and O–H groups in total. The molecule has 1 atom stereocenters. The van der Waals surface area contributed by atoms with Gasteiger partial charge in [-0.2, -0.15) is 4.98 Å². The summed E-state index contributed by atoms with van der Waals surface area (Å²) in [5.74, 6) is 2.10. The van der Waals surface area contributed by atoms with E-state index >= 15 is 0 Å². The summed E-state index contributed by atoms with van der Waals surface area (Å²) in [5.41, 5.74) is 0. The smallest absolute Gasteiger partial charge is 0.228 e. The highest BCUT2D eigenvalue weighted by Crippen LogP contribution is 2.21. The van der Waals surface area contributed by atoms with Crippen LogP contribution >= 0.6 is 0 Å². The molecule has 1 unspecified atom stereocenters. The number of anilines is 1. The number of hydrogen-bond acceptors (Lipinski definition) is 5. The summed E-state index contributed by atoms with van der Waals surface area (Å²) >= 11 is 0. The summed E-state index contributed by atoms with van der Waals surface area (Å²) in [6.07, 6.45) is 2.94. The third-order valence-corrected chi connectivity index (χ3v) is 2.89. The highest BCUT2D eigenvalue weighted by Gasteiger charge is 2.23. The van der Waals surface area contributed by atoms with Crippen LogP contribution in [0.2, 0.25) is 0 Å². The molecule has 1 fully saturated rings. The fraction of sp³-hybridized carbons (Fsp3) is 0.636. The molecule has 88 valence electrons. The molecule has 1 saturated heterocycles. The number of aromatic nitrogens is 2. The lowest BCUT2D eigenvalue weighted by atomic mass is 10.1. The van der Waals surface area contributed by atoms with E-state index in [1.54, 1.807) is 19.4 Å². The maximum Gasteiger partial charge on any atom is 0.228 e. The molecule has 1 aliphatic rings. The van der Waals surface area contributed by atoms with Crippen LogP contribution in [0.3, 0.4) is 0 Å². The number of ether oxygens (including phenoxy) is 1. The Balaban J connectivity index is 2.02. The molecule has 1 aromatic rings. The molecule has 1 aromatic heterocycles. The first kappa shape index (κ1) is 11.1. The average Bonchev–Trinajstić information content (AvgIpc) is 2.78. The first-order chi connectivity index (χ1) is 7.83. The van der Waals surface area contributed by atoms with Gasteiger partial charge in [0.1, 0.15) is 0 Å². The Hall–Kier alpha value is -1.36. The van der Waals surface area contributed by atoms with Crippen LogP contribution < -0.4 is 15.0 Å². The SMILES string of the molecule is CNCC1CCN(c2nccc(OC)n2)C1. The quantitative estimate of drug-likeness (QED) is 0.805. The Kier molecular flexibility index (Phi) is 3.56. The lowest BCUT2D eigenvalue weighted by molar-refractivity contribution is 0.397. The summed E-state index contributed by atoms with van der Waals surface area (Å²) in [4.78, 5) is 10.8. The highest BCUT2D eigenvalue weighted by molar-refractivity contribution is 5.33. The van der Waals surface area contributed by atoms with Gasteiger partial charge in [-0.05, 0) is 25.9 Å². The molecule has 0 amide bonds. The first-order valence-electron chi connectivity index (χ1n) is 5.60. The molecule has 5 heteroatoms. The van der Waals surface area contributed by atoms with Gasteiger partial charge < -0.3 is 15.0 Å². The number of methoxy groups -OCH3 is 1. The van der Waals surface area contributed by atoms with Gasteiger partial charge in [0.2, 0.25) is 11.8 Å². The van der Waals surface area contributed by atoms with Crippen molar-refractivity contribution in [3.05, 3.63) is 12.3 Å². The molecule has 0 aromatic carbocycles. The molecule has 0 spiro atoms. The van der Waals surface area contributed by atoms with Crippen molar-refractivity contribution in [2.24, 2.45) is 5.92 Å². The Morgan fingerprint density at radius 2 is 2.50 bits per heavy atom. The zero-order valence-corrected chi connectivity index (χ0v) is 9.81. The summed E-state index contributed by atoms with van der Waals surface area (Å²) in [5, 5.41) is 3.21. The zero-order chi connectivity index (χ0) is 11.4. The largest absolute Gasteiger partial charge is 0.481 e. The van der Waals surface area contributed by atoms with E-state index in [1.807, 2.05) is 7.05 Å². The summed E-state index contributed by atoms with van der Waals surface area (Å²) < 4.78 is 5.10. The number of nitrogens with zero attached hydrogens (tertiary/aromatic N) is 3. The van der Waals surface area contributed by atoms with Crippen molar-refractivity contribution in [1.82, 2.24) is 15.3 Å². The number of hydrogen-bond donors (Lipinski definition) is 1. The third kappa shape index (κ3) is 2.41. The van der Waals surface area contributed by atoms with E-state index in [1.165, 1.54) is 6.42 Å². The fourth-order valence-corrected chi connectivity index (χ4v) is 2.07. The van der Waals surface area contributed by atoms with Gasteiger partial charge in [-0.25, -0.2) is 4.98 Å². The minimum absolute atomic E-state index is 0.627. The van der Waals surface area contributed by atoms with E-state index in [2.05, 4.69) is 20.2 Å². The molecule has 16 heavy (non-hydrogen) atoms. The third-order valence-electron chi connectivity index (χ3n) is 2.89. The van der Waals surface area contributed by atoms with Gasteiger partial charge >= 0.3 is 0 Å². The van der Waals surface area contributed by atoms with E-state index in [9.17, 15) is 0 Å². The lowest BCUT2D eigenvalue weighted by Gasteiger charge is -2.16. The van der Waals surface area contributed by atoms with Gasteiger partial charge in [0.05, 0.1) is 7.11 Å². The normalized spacial score (nSPS) is 20.1. The molecule has 2 heterocycles. The van der Waals surface area contributed by atoms with Gasteiger partial charge in [0.25, 0.3) is 0 Å². The second-order valence-electron chi connectivity index (χ2n) is 4.06. The molecule has 0 bridgehead atoms. The maximum absolute atomic E-state index is 5.10. The zero-order valence-electron chi connectivity index (χ0n) is 9.81. The Morgan fingerprint density at radius 1 is 1.62 bits per heavy atom. The van der Waals surface area contributed by atoms with Gasteiger partial charge in [-0.15, -0.1) is 0 Å². The minimum Gasteiger partial charge on any atom is -0.481 e. The van der Waals surface area contributed by atoms with Crippen molar-refractivity contribution in [2.75, 3.05) is 38.7 Å². The van der Waals surface area contributed by atoms with E-state index in [0.29, 0.717) is 11.8 Å². The summed E-state index contributed by atoms with van der Waals surface area (Å²) in [6.45, 7) is 3.11. The van der Waals surface area contributed by atoms with Crippen LogP contribution in [0.1, 0.15) is 6.42 Å². The van der Waals surface area contributed by atoms with E-state index in [-0.39, 0.29) is 0 Å². The Bertz CT molecular complexity index is 345. The Morgan fingerprint density at radius 3 is 3.25 bits per heavy atom. The molecular weight excluding hydrogens is 204 g/mol. The Labute approximate surface area is 95.8 Å². The van der Waals surface area contributed by atoms with Crippen LogP contribution in [-0.2, 0) is 0 Å². The van der Waals surface area contributed by atoms with Crippen molar-refractivity contribution < 1.29 is 4.74 Å².